The maximum Gasteiger partial charge on any atom is 0.269 e. The second-order valence-electron chi connectivity index (χ2n) is 5.06. The van der Waals surface area contributed by atoms with Crippen LogP contribution in [0.25, 0.3) is 0 Å². The second kappa shape index (κ2) is 5.66. The molecule has 2 N–H and O–H groups in total. The van der Waals surface area contributed by atoms with Crippen molar-refractivity contribution in [3.8, 4) is 0 Å². The van der Waals surface area contributed by atoms with Crippen molar-refractivity contribution in [1.29, 1.82) is 0 Å². The van der Waals surface area contributed by atoms with Crippen LogP contribution in [-0.4, -0.2) is 30.4 Å². The molecule has 1 aromatic heterocycles. The molecule has 7 heteroatoms. The fourth-order valence-electron chi connectivity index (χ4n) is 1.13. The summed E-state index contributed by atoms with van der Waals surface area (Å²) in [7, 11) is -1.08. The van der Waals surface area contributed by atoms with E-state index in [4.69, 9.17) is 22.1 Å². The number of hydrogen-bond acceptors (Lipinski definition) is 3. The topological polar surface area (TPSA) is 70.1 Å². The zero-order valence-corrected chi connectivity index (χ0v) is 12.1. The first kappa shape index (κ1) is 14.2. The van der Waals surface area contributed by atoms with Gasteiger partial charge in [-0.2, -0.15) is 5.10 Å². The van der Waals surface area contributed by atoms with E-state index in [9.17, 15) is 4.79 Å². The molecule has 17 heavy (non-hydrogen) atoms. The van der Waals surface area contributed by atoms with E-state index < -0.39 is 14.0 Å². The summed E-state index contributed by atoms with van der Waals surface area (Å²) in [4.78, 5) is 10.9. The minimum Gasteiger partial charge on any atom is -0.364 e. The lowest BCUT2D eigenvalue weighted by molar-refractivity contribution is 0.0780. The summed E-state index contributed by atoms with van der Waals surface area (Å²) in [5, 5.41) is 4.29. The first-order chi connectivity index (χ1) is 7.79. The molecule has 0 aliphatic carbocycles. The van der Waals surface area contributed by atoms with Crippen molar-refractivity contribution < 1.29 is 9.53 Å². The van der Waals surface area contributed by atoms with Crippen molar-refractivity contribution in [3.05, 3.63) is 16.9 Å². The Kier molecular flexibility index (Phi) is 4.73. The number of halogens is 1. The van der Waals surface area contributed by atoms with Crippen LogP contribution in [-0.2, 0) is 11.5 Å². The highest BCUT2D eigenvalue weighted by Gasteiger charge is 2.13. The molecule has 0 aromatic carbocycles. The molecule has 0 spiro atoms. The normalized spacial score (nSPS) is 11.8. The van der Waals surface area contributed by atoms with Crippen molar-refractivity contribution in [2.24, 2.45) is 5.73 Å². The zero-order valence-electron chi connectivity index (χ0n) is 10.4. The van der Waals surface area contributed by atoms with E-state index in [1.165, 1.54) is 10.7 Å². The van der Waals surface area contributed by atoms with Crippen LogP contribution in [0.15, 0.2) is 6.07 Å². The highest BCUT2D eigenvalue weighted by atomic mass is 35.5. The number of hydrogen-bond donors (Lipinski definition) is 1. The number of primary amides is 1. The van der Waals surface area contributed by atoms with Crippen LogP contribution in [0.3, 0.4) is 0 Å². The van der Waals surface area contributed by atoms with Crippen LogP contribution in [0.1, 0.15) is 10.5 Å². The Morgan fingerprint density at radius 2 is 2.24 bits per heavy atom. The zero-order chi connectivity index (χ0) is 13.1. The molecule has 0 aliphatic rings. The first-order valence-corrected chi connectivity index (χ1v) is 9.49. The lowest BCUT2D eigenvalue weighted by atomic mass is 10.4. The summed E-state index contributed by atoms with van der Waals surface area (Å²) in [5.41, 5.74) is 5.26. The van der Waals surface area contributed by atoms with E-state index in [-0.39, 0.29) is 12.4 Å². The molecule has 0 saturated heterocycles. The lowest BCUT2D eigenvalue weighted by Crippen LogP contribution is -2.22. The predicted octanol–water partition coefficient (Wildman–Crippen LogP) is 1.95. The molecule has 0 saturated carbocycles. The van der Waals surface area contributed by atoms with Gasteiger partial charge in [0.1, 0.15) is 11.9 Å². The van der Waals surface area contributed by atoms with E-state index in [1.807, 2.05) is 0 Å². The first-order valence-electron chi connectivity index (χ1n) is 5.40. The van der Waals surface area contributed by atoms with Gasteiger partial charge in [0.05, 0.1) is 0 Å². The quantitative estimate of drug-likeness (QED) is 0.637. The smallest absolute Gasteiger partial charge is 0.269 e. The van der Waals surface area contributed by atoms with Gasteiger partial charge in [-0.05, 0) is 6.04 Å². The van der Waals surface area contributed by atoms with Crippen LogP contribution >= 0.6 is 11.6 Å². The summed E-state index contributed by atoms with van der Waals surface area (Å²) < 4.78 is 6.89. The molecule has 1 rings (SSSR count). The SMILES string of the molecule is C[Si](C)(C)CCOCn1nc(C(N)=O)cc1Cl. The Balaban J connectivity index is 2.44. The van der Waals surface area contributed by atoms with Crippen LogP contribution < -0.4 is 5.73 Å². The number of nitrogens with zero attached hydrogens (tertiary/aromatic N) is 2. The van der Waals surface area contributed by atoms with E-state index in [2.05, 4.69) is 24.7 Å². The third-order valence-corrected chi connectivity index (χ3v) is 4.20. The van der Waals surface area contributed by atoms with Crippen molar-refractivity contribution >= 4 is 25.6 Å². The van der Waals surface area contributed by atoms with Crippen molar-refractivity contribution in [1.82, 2.24) is 9.78 Å². The van der Waals surface area contributed by atoms with Crippen molar-refractivity contribution in [2.75, 3.05) is 6.61 Å². The summed E-state index contributed by atoms with van der Waals surface area (Å²) in [6, 6.07) is 2.51. The van der Waals surface area contributed by atoms with Crippen LogP contribution in [0, 0.1) is 0 Å². The molecule has 1 amide bonds. The van der Waals surface area contributed by atoms with Crippen molar-refractivity contribution in [2.45, 2.75) is 32.4 Å². The van der Waals surface area contributed by atoms with E-state index in [0.29, 0.717) is 11.8 Å². The Morgan fingerprint density at radius 1 is 1.59 bits per heavy atom. The number of amides is 1. The Labute approximate surface area is 107 Å². The summed E-state index contributed by atoms with van der Waals surface area (Å²) in [5.74, 6) is -0.590. The van der Waals surface area contributed by atoms with Crippen LogP contribution in [0.2, 0.25) is 30.8 Å². The molecule has 0 fully saturated rings. The number of rotatable bonds is 6. The molecule has 0 bridgehead atoms. The molecule has 1 aromatic rings. The molecular formula is C10H18ClN3O2Si. The summed E-state index contributed by atoms with van der Waals surface area (Å²) in [6.07, 6.45) is 0. The number of carbonyl (C=O) groups excluding carboxylic acids is 1. The summed E-state index contributed by atoms with van der Waals surface area (Å²) >= 11 is 5.88. The van der Waals surface area contributed by atoms with Gasteiger partial charge < -0.3 is 10.5 Å². The third-order valence-electron chi connectivity index (χ3n) is 2.19. The van der Waals surface area contributed by atoms with Gasteiger partial charge in [0.2, 0.25) is 0 Å². The van der Waals surface area contributed by atoms with Gasteiger partial charge in [-0.15, -0.1) is 0 Å². The maximum absolute atomic E-state index is 10.9. The molecule has 0 radical (unpaired) electrons. The van der Waals surface area contributed by atoms with Crippen LogP contribution in [0.4, 0.5) is 0 Å². The molecule has 0 unspecified atom stereocenters. The van der Waals surface area contributed by atoms with Crippen molar-refractivity contribution in [3.63, 3.8) is 0 Å². The maximum atomic E-state index is 10.9. The fourth-order valence-corrected chi connectivity index (χ4v) is 2.08. The molecule has 5 nitrogen and oxygen atoms in total. The third kappa shape index (κ3) is 4.89. The minimum absolute atomic E-state index is 0.156. The monoisotopic (exact) mass is 275 g/mol. The Bertz CT molecular complexity index is 401. The number of carbonyl (C=O) groups is 1. The average Bonchev–Trinajstić information content (AvgIpc) is 2.54. The minimum atomic E-state index is -1.08. The molecule has 0 atom stereocenters. The van der Waals surface area contributed by atoms with Gasteiger partial charge >= 0.3 is 0 Å². The van der Waals surface area contributed by atoms with Gasteiger partial charge in [0, 0.05) is 20.7 Å². The Morgan fingerprint density at radius 3 is 2.71 bits per heavy atom. The molecule has 1 heterocycles. The highest BCUT2D eigenvalue weighted by Crippen LogP contribution is 2.12. The van der Waals surface area contributed by atoms with E-state index in [1.54, 1.807) is 0 Å². The van der Waals surface area contributed by atoms with Gasteiger partial charge in [-0.3, -0.25) is 4.79 Å². The average molecular weight is 276 g/mol. The molecule has 0 aliphatic heterocycles. The summed E-state index contributed by atoms with van der Waals surface area (Å²) in [6.45, 7) is 7.77. The Hall–Kier alpha value is -0.853. The van der Waals surface area contributed by atoms with Gasteiger partial charge in [0.15, 0.2) is 5.69 Å². The van der Waals surface area contributed by atoms with Crippen LogP contribution in [0.5, 0.6) is 0 Å². The largest absolute Gasteiger partial charge is 0.364 e. The van der Waals surface area contributed by atoms with Gasteiger partial charge in [0.25, 0.3) is 5.91 Å². The predicted molar refractivity (Wildman–Crippen MR) is 69.9 cm³/mol. The van der Waals surface area contributed by atoms with E-state index in [0.717, 1.165) is 6.04 Å². The second-order valence-corrected chi connectivity index (χ2v) is 11.1. The number of aromatic nitrogens is 2. The van der Waals surface area contributed by atoms with Gasteiger partial charge in [-0.1, -0.05) is 31.2 Å². The number of nitrogens with two attached hydrogens (primary N) is 1. The van der Waals surface area contributed by atoms with Gasteiger partial charge in [-0.25, -0.2) is 4.68 Å². The lowest BCUT2D eigenvalue weighted by Gasteiger charge is -2.15. The standard InChI is InChI=1S/C10H18ClN3O2Si/c1-17(2,3)5-4-16-7-14-9(11)6-8(13-14)10(12)15/h6H,4-5,7H2,1-3H3,(H2,12,15). The molecular weight excluding hydrogens is 258 g/mol. The number of ether oxygens (including phenoxy) is 1. The highest BCUT2D eigenvalue weighted by molar-refractivity contribution is 6.76. The fraction of sp³-hybridized carbons (Fsp3) is 0.600. The van der Waals surface area contributed by atoms with E-state index >= 15 is 0 Å². The molecule has 96 valence electrons.